The van der Waals surface area contributed by atoms with Crippen molar-refractivity contribution in [3.8, 4) is 5.75 Å². The van der Waals surface area contributed by atoms with Crippen molar-refractivity contribution in [3.63, 3.8) is 0 Å². The molecule has 0 bridgehead atoms. The number of hydrogen-bond acceptors (Lipinski definition) is 6. The van der Waals surface area contributed by atoms with E-state index >= 15 is 0 Å². The van der Waals surface area contributed by atoms with E-state index in [1.807, 2.05) is 0 Å². The minimum atomic E-state index is -3.98. The van der Waals surface area contributed by atoms with Crippen LogP contribution in [0.5, 0.6) is 5.75 Å². The zero-order valence-corrected chi connectivity index (χ0v) is 11.5. The molecule has 0 radical (unpaired) electrons. The SMILES string of the molecule is C[C@H]1OP(=O)(Oc2ccccc2)[C@H](O)[C@H](O)C1N=[N+]=[N-]. The molecule has 1 heterocycles. The van der Waals surface area contributed by atoms with E-state index in [0.29, 0.717) is 0 Å². The first kappa shape index (κ1) is 14.8. The van der Waals surface area contributed by atoms with Crippen LogP contribution in [0.25, 0.3) is 10.4 Å². The topological polar surface area (TPSA) is 125 Å². The zero-order valence-electron chi connectivity index (χ0n) is 10.6. The van der Waals surface area contributed by atoms with E-state index in [4.69, 9.17) is 14.6 Å². The highest BCUT2D eigenvalue weighted by Crippen LogP contribution is 2.57. The number of benzene rings is 1. The summed E-state index contributed by atoms with van der Waals surface area (Å²) in [6.07, 6.45) is -2.37. The first-order valence-electron chi connectivity index (χ1n) is 5.91. The maximum Gasteiger partial charge on any atom is 0.410 e. The first-order valence-corrected chi connectivity index (χ1v) is 7.52. The van der Waals surface area contributed by atoms with Crippen molar-refractivity contribution in [2.75, 3.05) is 0 Å². The fraction of sp³-hybridized carbons (Fsp3) is 0.455. The molecule has 0 amide bonds. The molecular weight excluding hydrogens is 285 g/mol. The Hall–Kier alpha value is -1.56. The van der Waals surface area contributed by atoms with Gasteiger partial charge in [0.15, 0.2) is 5.85 Å². The summed E-state index contributed by atoms with van der Waals surface area (Å²) in [6.45, 7) is 1.48. The first-order chi connectivity index (χ1) is 9.48. The second-order valence-electron chi connectivity index (χ2n) is 4.35. The number of aliphatic hydroxyl groups is 2. The predicted octanol–water partition coefficient (Wildman–Crippen LogP) is 2.04. The third-order valence-electron chi connectivity index (χ3n) is 2.93. The van der Waals surface area contributed by atoms with Crippen molar-refractivity contribution in [3.05, 3.63) is 40.8 Å². The lowest BCUT2D eigenvalue weighted by Gasteiger charge is -2.38. The van der Waals surface area contributed by atoms with Gasteiger partial charge in [0.2, 0.25) is 0 Å². The number of nitrogens with zero attached hydrogens (tertiary/aromatic N) is 3. The Kier molecular flexibility index (Phi) is 4.32. The van der Waals surface area contributed by atoms with Crippen LogP contribution >= 0.6 is 7.60 Å². The Bertz CT molecular complexity index is 562. The monoisotopic (exact) mass is 299 g/mol. The average molecular weight is 299 g/mol. The molecule has 0 saturated carbocycles. The van der Waals surface area contributed by atoms with Crippen molar-refractivity contribution in [1.29, 1.82) is 0 Å². The number of aliphatic hydroxyl groups excluding tert-OH is 2. The molecule has 1 fully saturated rings. The van der Waals surface area contributed by atoms with Crippen LogP contribution in [0.3, 0.4) is 0 Å². The van der Waals surface area contributed by atoms with E-state index in [1.54, 1.807) is 30.3 Å². The number of azide groups is 1. The van der Waals surface area contributed by atoms with E-state index in [9.17, 15) is 14.8 Å². The van der Waals surface area contributed by atoms with Crippen molar-refractivity contribution < 1.29 is 23.8 Å². The van der Waals surface area contributed by atoms with Crippen LogP contribution in [0.1, 0.15) is 6.92 Å². The molecule has 2 N–H and O–H groups in total. The van der Waals surface area contributed by atoms with Crippen LogP contribution in [-0.2, 0) is 9.09 Å². The molecule has 108 valence electrons. The van der Waals surface area contributed by atoms with Crippen LogP contribution in [0, 0.1) is 0 Å². The number of hydrogen-bond donors (Lipinski definition) is 2. The summed E-state index contributed by atoms with van der Waals surface area (Å²) in [5.74, 6) is -1.54. The lowest BCUT2D eigenvalue weighted by molar-refractivity contribution is -0.0281. The fourth-order valence-corrected chi connectivity index (χ4v) is 3.75. The Morgan fingerprint density at radius 1 is 1.40 bits per heavy atom. The highest BCUT2D eigenvalue weighted by atomic mass is 31.2. The van der Waals surface area contributed by atoms with Gasteiger partial charge in [-0.1, -0.05) is 23.3 Å². The fourth-order valence-electron chi connectivity index (χ4n) is 1.92. The Morgan fingerprint density at radius 3 is 2.65 bits per heavy atom. The molecule has 20 heavy (non-hydrogen) atoms. The third-order valence-corrected chi connectivity index (χ3v) is 4.98. The van der Waals surface area contributed by atoms with Crippen molar-refractivity contribution >= 4 is 7.60 Å². The summed E-state index contributed by atoms with van der Waals surface area (Å²) in [4.78, 5) is 2.57. The van der Waals surface area contributed by atoms with Gasteiger partial charge in [-0.15, -0.1) is 0 Å². The minimum Gasteiger partial charge on any atom is -0.423 e. The molecule has 1 aromatic rings. The minimum absolute atomic E-state index is 0.247. The van der Waals surface area contributed by atoms with Crippen LogP contribution < -0.4 is 4.52 Å². The molecule has 0 aliphatic carbocycles. The number of rotatable bonds is 3. The second kappa shape index (κ2) is 5.83. The van der Waals surface area contributed by atoms with Gasteiger partial charge in [0, 0.05) is 4.91 Å². The van der Waals surface area contributed by atoms with Crippen molar-refractivity contribution in [1.82, 2.24) is 0 Å². The Labute approximate surface area is 115 Å². The van der Waals surface area contributed by atoms with E-state index < -0.39 is 31.7 Å². The van der Waals surface area contributed by atoms with Gasteiger partial charge in [0.05, 0.1) is 12.1 Å². The highest BCUT2D eigenvalue weighted by molar-refractivity contribution is 7.55. The Morgan fingerprint density at radius 2 is 2.05 bits per heavy atom. The smallest absolute Gasteiger partial charge is 0.410 e. The lowest BCUT2D eigenvalue weighted by Crippen LogP contribution is -2.48. The van der Waals surface area contributed by atoms with Gasteiger partial charge in [-0.3, -0.25) is 4.52 Å². The summed E-state index contributed by atoms with van der Waals surface area (Å²) < 4.78 is 22.9. The second-order valence-corrected chi connectivity index (χ2v) is 6.36. The normalized spacial score (nSPS) is 37.0. The van der Waals surface area contributed by atoms with Crippen LogP contribution in [0.2, 0.25) is 0 Å². The average Bonchev–Trinajstić information content (AvgIpc) is 2.42. The molecule has 9 heteroatoms. The van der Waals surface area contributed by atoms with Gasteiger partial charge in [0.1, 0.15) is 11.9 Å². The van der Waals surface area contributed by atoms with Crippen LogP contribution in [0.4, 0.5) is 0 Å². The van der Waals surface area contributed by atoms with Gasteiger partial charge in [0.25, 0.3) is 0 Å². The van der Waals surface area contributed by atoms with Gasteiger partial charge in [-0.2, -0.15) is 0 Å². The molecular formula is C11H14N3O5P. The summed E-state index contributed by atoms with van der Waals surface area (Å²) in [7, 11) is -3.98. The van der Waals surface area contributed by atoms with Gasteiger partial charge >= 0.3 is 7.60 Å². The molecule has 1 aromatic carbocycles. The van der Waals surface area contributed by atoms with E-state index in [-0.39, 0.29) is 5.75 Å². The van der Waals surface area contributed by atoms with Crippen LogP contribution in [0.15, 0.2) is 35.4 Å². The summed E-state index contributed by atoms with van der Waals surface area (Å²) >= 11 is 0. The van der Waals surface area contributed by atoms with Gasteiger partial charge < -0.3 is 14.7 Å². The molecule has 8 nitrogen and oxygen atoms in total. The summed E-state index contributed by atoms with van der Waals surface area (Å²) in [5.41, 5.74) is 8.42. The lowest BCUT2D eigenvalue weighted by atomic mass is 10.1. The molecule has 1 saturated heterocycles. The molecule has 1 aliphatic rings. The standard InChI is InChI=1S/C11H14N3O5P/c1-7-9(13-14-12)10(15)11(16)20(17,18-7)19-8-5-3-2-4-6-8/h2-7,9-11,15-16H,1H3/t7-,9?,10-,11+,20?/m1/s1. The van der Waals surface area contributed by atoms with E-state index in [2.05, 4.69) is 10.0 Å². The van der Waals surface area contributed by atoms with Crippen LogP contribution in [-0.4, -0.2) is 34.3 Å². The van der Waals surface area contributed by atoms with Gasteiger partial charge in [-0.05, 0) is 24.6 Å². The van der Waals surface area contributed by atoms with Gasteiger partial charge in [-0.25, -0.2) is 4.57 Å². The van der Waals surface area contributed by atoms with E-state index in [1.165, 1.54) is 6.92 Å². The maximum atomic E-state index is 12.5. The summed E-state index contributed by atoms with van der Waals surface area (Å²) in [6, 6.07) is 7.15. The quantitative estimate of drug-likeness (QED) is 0.382. The van der Waals surface area contributed by atoms with Crippen molar-refractivity contribution in [2.45, 2.75) is 31.0 Å². The largest absolute Gasteiger partial charge is 0.423 e. The molecule has 5 atom stereocenters. The maximum absolute atomic E-state index is 12.5. The number of para-hydroxylation sites is 1. The molecule has 1 aliphatic heterocycles. The highest BCUT2D eigenvalue weighted by Gasteiger charge is 2.52. The van der Waals surface area contributed by atoms with E-state index in [0.717, 1.165) is 0 Å². The predicted molar refractivity (Wildman–Crippen MR) is 70.2 cm³/mol. The molecule has 0 aromatic heterocycles. The Balaban J connectivity index is 2.25. The molecule has 2 unspecified atom stereocenters. The van der Waals surface area contributed by atoms with Crippen molar-refractivity contribution in [2.24, 2.45) is 5.11 Å². The molecule has 0 spiro atoms. The third kappa shape index (κ3) is 2.80. The molecule has 2 rings (SSSR count). The summed E-state index contributed by atoms with van der Waals surface area (Å²) in [5, 5.41) is 23.2. The zero-order chi connectivity index (χ0) is 14.8.